The molecule has 0 unspecified atom stereocenters. The zero-order valence-corrected chi connectivity index (χ0v) is 12.6. The Morgan fingerprint density at radius 2 is 2.45 bits per heavy atom. The minimum Gasteiger partial charge on any atom is -0.461 e. The van der Waals surface area contributed by atoms with E-state index in [2.05, 4.69) is 26.2 Å². The van der Waals surface area contributed by atoms with Crippen LogP contribution >= 0.6 is 15.9 Å². The molecule has 0 bridgehead atoms. The van der Waals surface area contributed by atoms with Gasteiger partial charge >= 0.3 is 5.97 Å². The Morgan fingerprint density at radius 3 is 3.15 bits per heavy atom. The van der Waals surface area contributed by atoms with Crippen LogP contribution in [-0.4, -0.2) is 28.7 Å². The number of aromatic nitrogens is 2. The lowest BCUT2D eigenvalue weighted by Gasteiger charge is -2.16. The number of nitrogens with one attached hydrogen (secondary N) is 1. The summed E-state index contributed by atoms with van der Waals surface area (Å²) in [6, 6.07) is 3.62. The lowest BCUT2D eigenvalue weighted by atomic mass is 10.2. The van der Waals surface area contributed by atoms with Crippen molar-refractivity contribution in [3.63, 3.8) is 0 Å². The van der Waals surface area contributed by atoms with Crippen LogP contribution in [0.4, 0.5) is 0 Å². The minimum atomic E-state index is -0.420. The van der Waals surface area contributed by atoms with Gasteiger partial charge in [-0.2, -0.15) is 0 Å². The van der Waals surface area contributed by atoms with Crippen LogP contribution in [0.5, 0.6) is 0 Å². The third-order valence-corrected chi connectivity index (χ3v) is 3.54. The highest BCUT2D eigenvalue weighted by molar-refractivity contribution is 9.10. The molecule has 0 fully saturated rings. The maximum atomic E-state index is 12.1. The van der Waals surface area contributed by atoms with Gasteiger partial charge in [0.25, 0.3) is 0 Å². The van der Waals surface area contributed by atoms with Crippen LogP contribution in [0.3, 0.4) is 0 Å². The Morgan fingerprint density at radius 1 is 1.60 bits per heavy atom. The van der Waals surface area contributed by atoms with E-state index in [0.29, 0.717) is 35.0 Å². The van der Waals surface area contributed by atoms with Gasteiger partial charge < -0.3 is 19.0 Å². The molecule has 0 spiro atoms. The van der Waals surface area contributed by atoms with Gasteiger partial charge in [-0.15, -0.1) is 0 Å². The first kappa shape index (κ1) is 13.4. The standard InChI is InChI=1S/C13H14BrN3O3/c1-2-19-13(18)11-12(8-3-4-9(14)20-8)17-6-5-15-7-10(17)16-11/h3-4,15H,2,5-7H2,1H3. The molecule has 3 rings (SSSR count). The van der Waals surface area contributed by atoms with Crippen LogP contribution in [-0.2, 0) is 17.8 Å². The van der Waals surface area contributed by atoms with Gasteiger partial charge in [0.1, 0.15) is 11.5 Å². The minimum absolute atomic E-state index is 0.312. The van der Waals surface area contributed by atoms with E-state index in [1.165, 1.54) is 0 Å². The summed E-state index contributed by atoms with van der Waals surface area (Å²) in [6.07, 6.45) is 0. The third-order valence-electron chi connectivity index (χ3n) is 3.12. The Bertz CT molecular complexity index is 647. The second-order valence-corrected chi connectivity index (χ2v) is 5.16. The number of furan rings is 1. The highest BCUT2D eigenvalue weighted by Gasteiger charge is 2.27. The topological polar surface area (TPSA) is 69.3 Å². The van der Waals surface area contributed by atoms with Crippen molar-refractivity contribution in [3.05, 3.63) is 28.3 Å². The maximum absolute atomic E-state index is 12.1. The third kappa shape index (κ3) is 2.27. The first-order chi connectivity index (χ1) is 9.70. The van der Waals surface area contributed by atoms with Crippen LogP contribution in [0.1, 0.15) is 23.2 Å². The van der Waals surface area contributed by atoms with E-state index in [0.717, 1.165) is 18.9 Å². The number of nitrogens with zero attached hydrogens (tertiary/aromatic N) is 2. The number of fused-ring (bicyclic) bond motifs is 1. The summed E-state index contributed by atoms with van der Waals surface area (Å²) in [4.78, 5) is 16.5. The van der Waals surface area contributed by atoms with Gasteiger partial charge in [-0.3, -0.25) is 0 Å². The number of hydrogen-bond acceptors (Lipinski definition) is 5. The highest BCUT2D eigenvalue weighted by Crippen LogP contribution is 2.30. The van der Waals surface area contributed by atoms with Crippen molar-refractivity contribution in [2.75, 3.05) is 13.2 Å². The highest BCUT2D eigenvalue weighted by atomic mass is 79.9. The molecule has 20 heavy (non-hydrogen) atoms. The molecule has 0 aliphatic carbocycles. The molecule has 0 amide bonds. The van der Waals surface area contributed by atoms with E-state index >= 15 is 0 Å². The molecule has 0 saturated carbocycles. The van der Waals surface area contributed by atoms with Crippen LogP contribution in [0.15, 0.2) is 21.2 Å². The fraction of sp³-hybridized carbons (Fsp3) is 0.385. The first-order valence-corrected chi connectivity index (χ1v) is 7.23. The van der Waals surface area contributed by atoms with Crippen molar-refractivity contribution >= 4 is 21.9 Å². The number of carbonyl (C=O) groups excluding carboxylic acids is 1. The number of halogens is 1. The lowest BCUT2D eigenvalue weighted by molar-refractivity contribution is 0.0520. The summed E-state index contributed by atoms with van der Waals surface area (Å²) >= 11 is 3.28. The molecular formula is C13H14BrN3O3. The quantitative estimate of drug-likeness (QED) is 0.868. The van der Waals surface area contributed by atoms with E-state index in [4.69, 9.17) is 9.15 Å². The predicted molar refractivity (Wildman–Crippen MR) is 75.3 cm³/mol. The van der Waals surface area contributed by atoms with Crippen molar-refractivity contribution in [2.24, 2.45) is 0 Å². The average molecular weight is 340 g/mol. The number of imidazole rings is 1. The molecule has 0 saturated heterocycles. The van der Waals surface area contributed by atoms with Gasteiger partial charge in [0.15, 0.2) is 16.1 Å². The van der Waals surface area contributed by atoms with Crippen LogP contribution in [0, 0.1) is 0 Å². The van der Waals surface area contributed by atoms with Crippen molar-refractivity contribution in [1.29, 1.82) is 0 Å². The molecule has 0 atom stereocenters. The molecule has 0 aromatic carbocycles. The van der Waals surface area contributed by atoms with Crippen LogP contribution in [0.2, 0.25) is 0 Å². The Kier molecular flexibility index (Phi) is 3.62. The smallest absolute Gasteiger partial charge is 0.359 e. The second kappa shape index (κ2) is 5.41. The number of rotatable bonds is 3. The van der Waals surface area contributed by atoms with Crippen molar-refractivity contribution in [3.8, 4) is 11.5 Å². The Balaban J connectivity index is 2.13. The van der Waals surface area contributed by atoms with Crippen molar-refractivity contribution < 1.29 is 13.9 Å². The summed E-state index contributed by atoms with van der Waals surface area (Å²) in [7, 11) is 0. The van der Waals surface area contributed by atoms with Gasteiger partial charge in [0.05, 0.1) is 13.2 Å². The van der Waals surface area contributed by atoms with E-state index < -0.39 is 5.97 Å². The summed E-state index contributed by atoms with van der Waals surface area (Å²) in [5.74, 6) is 1.01. The van der Waals surface area contributed by atoms with Crippen molar-refractivity contribution in [2.45, 2.75) is 20.0 Å². The zero-order chi connectivity index (χ0) is 14.1. The predicted octanol–water partition coefficient (Wildman–Crippen LogP) is 2.19. The molecule has 106 valence electrons. The molecule has 1 aliphatic rings. The van der Waals surface area contributed by atoms with Gasteiger partial charge in [0, 0.05) is 13.1 Å². The molecule has 0 radical (unpaired) electrons. The van der Waals surface area contributed by atoms with E-state index in [1.54, 1.807) is 13.0 Å². The average Bonchev–Trinajstić information content (AvgIpc) is 3.02. The SMILES string of the molecule is CCOC(=O)c1nc2n(c1-c1ccc(Br)o1)CCNC2. The van der Waals surface area contributed by atoms with Crippen LogP contribution < -0.4 is 5.32 Å². The summed E-state index contributed by atoms with van der Waals surface area (Å²) in [5.41, 5.74) is 0.998. The molecular weight excluding hydrogens is 326 g/mol. The summed E-state index contributed by atoms with van der Waals surface area (Å²) in [6.45, 7) is 4.31. The fourth-order valence-electron chi connectivity index (χ4n) is 2.30. The van der Waals surface area contributed by atoms with E-state index in [1.807, 2.05) is 10.6 Å². The second-order valence-electron chi connectivity index (χ2n) is 4.38. The molecule has 3 heterocycles. The van der Waals surface area contributed by atoms with Gasteiger partial charge in [0.2, 0.25) is 0 Å². The number of ether oxygens (including phenoxy) is 1. The zero-order valence-electron chi connectivity index (χ0n) is 11.0. The van der Waals surface area contributed by atoms with Crippen LogP contribution in [0.25, 0.3) is 11.5 Å². The molecule has 2 aromatic rings. The largest absolute Gasteiger partial charge is 0.461 e. The number of hydrogen-bond donors (Lipinski definition) is 1. The molecule has 1 N–H and O–H groups in total. The Hall–Kier alpha value is -1.60. The molecule has 6 nitrogen and oxygen atoms in total. The van der Waals surface area contributed by atoms with E-state index in [9.17, 15) is 4.79 Å². The first-order valence-electron chi connectivity index (χ1n) is 6.43. The number of carbonyl (C=O) groups is 1. The molecule has 7 heteroatoms. The van der Waals surface area contributed by atoms with Gasteiger partial charge in [-0.05, 0) is 35.0 Å². The summed E-state index contributed by atoms with van der Waals surface area (Å²) in [5, 5.41) is 3.23. The maximum Gasteiger partial charge on any atom is 0.359 e. The molecule has 1 aliphatic heterocycles. The van der Waals surface area contributed by atoms with Gasteiger partial charge in [-0.1, -0.05) is 0 Å². The number of esters is 1. The van der Waals surface area contributed by atoms with Gasteiger partial charge in [-0.25, -0.2) is 9.78 Å². The monoisotopic (exact) mass is 339 g/mol. The lowest BCUT2D eigenvalue weighted by Crippen LogP contribution is -2.28. The normalized spacial score (nSPS) is 14.1. The Labute approximate surface area is 124 Å². The molecule has 2 aromatic heterocycles. The van der Waals surface area contributed by atoms with E-state index in [-0.39, 0.29) is 0 Å². The fourth-order valence-corrected chi connectivity index (χ4v) is 2.61. The van der Waals surface area contributed by atoms with Crippen molar-refractivity contribution in [1.82, 2.24) is 14.9 Å². The summed E-state index contributed by atoms with van der Waals surface area (Å²) < 4.78 is 13.3.